The topological polar surface area (TPSA) is 43.4 Å². The first-order chi connectivity index (χ1) is 7.93. The third-order valence-corrected chi connectivity index (χ3v) is 3.87. The van der Waals surface area contributed by atoms with E-state index < -0.39 is 0 Å². The number of fused-ring (bicyclic) bond motifs is 1. The molecule has 0 fully saturated rings. The monoisotopic (exact) mass is 234 g/mol. The van der Waals surface area contributed by atoms with Gasteiger partial charge in [0.05, 0.1) is 0 Å². The summed E-state index contributed by atoms with van der Waals surface area (Å²) in [7, 11) is 0. The van der Waals surface area contributed by atoms with Crippen molar-refractivity contribution in [1.29, 1.82) is 0 Å². The number of esters is 1. The van der Waals surface area contributed by atoms with Crippen molar-refractivity contribution in [3.8, 4) is 0 Å². The molecule has 2 rings (SSSR count). The zero-order valence-corrected chi connectivity index (χ0v) is 10.6. The Morgan fingerprint density at radius 1 is 1.41 bits per heavy atom. The smallest absolute Gasteiger partial charge is 0.307 e. The number of ketones is 1. The van der Waals surface area contributed by atoms with Crippen LogP contribution in [-0.4, -0.2) is 11.8 Å². The third kappa shape index (κ3) is 2.06. The molecule has 0 aromatic rings. The summed E-state index contributed by atoms with van der Waals surface area (Å²) in [5.41, 5.74) is 0.600. The Hall–Kier alpha value is -1.38. The van der Waals surface area contributed by atoms with Gasteiger partial charge in [0.1, 0.15) is 5.76 Å². The van der Waals surface area contributed by atoms with Crippen LogP contribution in [0.2, 0.25) is 0 Å². The first-order valence-electron chi connectivity index (χ1n) is 6.05. The molecule has 0 bridgehead atoms. The SMILES string of the molecule is CC(=O)OC1=CCCC2CC(C(C)=O)=CC12C. The minimum absolute atomic E-state index is 0.128. The molecule has 0 aromatic heterocycles. The number of hydrogen-bond donors (Lipinski definition) is 0. The van der Waals surface area contributed by atoms with Gasteiger partial charge in [0.25, 0.3) is 0 Å². The predicted molar refractivity (Wildman–Crippen MR) is 64.1 cm³/mol. The highest BCUT2D eigenvalue weighted by atomic mass is 16.5. The lowest BCUT2D eigenvalue weighted by Crippen LogP contribution is -2.29. The van der Waals surface area contributed by atoms with Crippen molar-refractivity contribution in [2.45, 2.75) is 40.0 Å². The van der Waals surface area contributed by atoms with E-state index in [1.54, 1.807) is 6.92 Å². The molecule has 2 atom stereocenters. The van der Waals surface area contributed by atoms with E-state index >= 15 is 0 Å². The molecule has 0 heterocycles. The van der Waals surface area contributed by atoms with Crippen LogP contribution in [0.4, 0.5) is 0 Å². The molecule has 2 aliphatic carbocycles. The lowest BCUT2D eigenvalue weighted by atomic mass is 9.72. The van der Waals surface area contributed by atoms with Crippen molar-refractivity contribution in [2.75, 3.05) is 0 Å². The molecule has 2 unspecified atom stereocenters. The highest BCUT2D eigenvalue weighted by Gasteiger charge is 2.45. The first kappa shape index (κ1) is 12.1. The van der Waals surface area contributed by atoms with Crippen molar-refractivity contribution >= 4 is 11.8 Å². The fourth-order valence-electron chi connectivity index (χ4n) is 2.88. The Balaban J connectivity index is 2.33. The van der Waals surface area contributed by atoms with Gasteiger partial charge in [-0.2, -0.15) is 0 Å². The van der Waals surface area contributed by atoms with Gasteiger partial charge >= 0.3 is 5.97 Å². The molecule has 17 heavy (non-hydrogen) atoms. The second-order valence-corrected chi connectivity index (χ2v) is 5.15. The van der Waals surface area contributed by atoms with Crippen molar-refractivity contribution in [2.24, 2.45) is 11.3 Å². The Kier molecular flexibility index (Phi) is 2.94. The number of hydrogen-bond acceptors (Lipinski definition) is 3. The summed E-state index contributed by atoms with van der Waals surface area (Å²) in [6, 6.07) is 0. The van der Waals surface area contributed by atoms with Gasteiger partial charge in [0.15, 0.2) is 5.78 Å². The minimum Gasteiger partial charge on any atom is -0.431 e. The Morgan fingerprint density at radius 2 is 2.12 bits per heavy atom. The van der Waals surface area contributed by atoms with Crippen LogP contribution in [0.5, 0.6) is 0 Å². The van der Waals surface area contributed by atoms with E-state index in [9.17, 15) is 9.59 Å². The average Bonchev–Trinajstić information content (AvgIpc) is 2.57. The third-order valence-electron chi connectivity index (χ3n) is 3.87. The van der Waals surface area contributed by atoms with Gasteiger partial charge in [-0.05, 0) is 50.7 Å². The van der Waals surface area contributed by atoms with Crippen molar-refractivity contribution in [3.05, 3.63) is 23.5 Å². The second-order valence-electron chi connectivity index (χ2n) is 5.15. The minimum atomic E-state index is -0.289. The van der Waals surface area contributed by atoms with E-state index in [-0.39, 0.29) is 17.2 Å². The molecule has 0 N–H and O–H groups in total. The molecular formula is C14H18O3. The van der Waals surface area contributed by atoms with E-state index in [2.05, 4.69) is 6.92 Å². The summed E-state index contributed by atoms with van der Waals surface area (Å²) >= 11 is 0. The maximum atomic E-state index is 11.5. The number of ether oxygens (including phenoxy) is 1. The molecule has 0 radical (unpaired) electrons. The van der Waals surface area contributed by atoms with Crippen LogP contribution in [0.1, 0.15) is 40.0 Å². The van der Waals surface area contributed by atoms with E-state index in [4.69, 9.17) is 4.74 Å². The zero-order chi connectivity index (χ0) is 12.6. The number of carbonyl (C=O) groups is 2. The van der Waals surface area contributed by atoms with Crippen LogP contribution in [0.15, 0.2) is 23.5 Å². The number of carbonyl (C=O) groups excluding carboxylic acids is 2. The van der Waals surface area contributed by atoms with Crippen molar-refractivity contribution < 1.29 is 14.3 Å². The van der Waals surface area contributed by atoms with Crippen LogP contribution in [0.25, 0.3) is 0 Å². The molecule has 3 nitrogen and oxygen atoms in total. The largest absolute Gasteiger partial charge is 0.431 e. The highest BCUT2D eigenvalue weighted by Crippen LogP contribution is 2.51. The Labute approximate surface area is 102 Å². The molecule has 0 aliphatic heterocycles. The summed E-state index contributed by atoms with van der Waals surface area (Å²) in [4.78, 5) is 22.6. The number of Topliss-reactive ketones (excluding diaryl/α,β-unsaturated/α-hetero) is 1. The number of rotatable bonds is 2. The molecular weight excluding hydrogens is 216 g/mol. The predicted octanol–water partition coefficient (Wildman–Crippen LogP) is 2.77. The Bertz CT molecular complexity index is 431. The summed E-state index contributed by atoms with van der Waals surface area (Å²) in [6.07, 6.45) is 6.76. The van der Waals surface area contributed by atoms with Crippen LogP contribution in [-0.2, 0) is 14.3 Å². The van der Waals surface area contributed by atoms with Crippen LogP contribution < -0.4 is 0 Å². The van der Waals surface area contributed by atoms with E-state index in [0.29, 0.717) is 5.92 Å². The van der Waals surface area contributed by atoms with Gasteiger partial charge < -0.3 is 4.74 Å². The average molecular weight is 234 g/mol. The fraction of sp³-hybridized carbons (Fsp3) is 0.571. The maximum Gasteiger partial charge on any atom is 0.307 e. The fourth-order valence-corrected chi connectivity index (χ4v) is 2.88. The standard InChI is InChI=1S/C14H18O3/c1-9(15)11-7-12-5-4-6-13(17-10(2)16)14(12,3)8-11/h6,8,12H,4-5,7H2,1-3H3. The van der Waals surface area contributed by atoms with Crippen molar-refractivity contribution in [1.82, 2.24) is 0 Å². The quantitative estimate of drug-likeness (QED) is 0.690. The highest BCUT2D eigenvalue weighted by molar-refractivity contribution is 5.94. The lowest BCUT2D eigenvalue weighted by molar-refractivity contribution is -0.138. The molecule has 3 heteroatoms. The molecule has 2 aliphatic rings. The van der Waals surface area contributed by atoms with Gasteiger partial charge in [0.2, 0.25) is 0 Å². The molecule has 92 valence electrons. The first-order valence-corrected chi connectivity index (χ1v) is 6.05. The molecule has 0 aromatic carbocycles. The van der Waals surface area contributed by atoms with E-state index in [1.165, 1.54) is 6.92 Å². The van der Waals surface area contributed by atoms with Gasteiger partial charge in [-0.25, -0.2) is 0 Å². The van der Waals surface area contributed by atoms with Gasteiger partial charge in [0, 0.05) is 12.3 Å². The Morgan fingerprint density at radius 3 is 2.71 bits per heavy atom. The van der Waals surface area contributed by atoms with Crippen molar-refractivity contribution in [3.63, 3.8) is 0 Å². The van der Waals surface area contributed by atoms with Crippen LogP contribution in [0.3, 0.4) is 0 Å². The maximum absolute atomic E-state index is 11.5. The molecule has 0 amide bonds. The number of allylic oxidation sites excluding steroid dienone is 3. The normalized spacial score (nSPS) is 31.4. The van der Waals surface area contributed by atoms with Crippen LogP contribution >= 0.6 is 0 Å². The molecule has 0 saturated heterocycles. The zero-order valence-electron chi connectivity index (χ0n) is 10.6. The van der Waals surface area contributed by atoms with Crippen LogP contribution in [0, 0.1) is 11.3 Å². The summed E-state index contributed by atoms with van der Waals surface area (Å²) in [5, 5.41) is 0. The summed E-state index contributed by atoms with van der Waals surface area (Å²) in [6.45, 7) is 5.07. The molecule has 0 saturated carbocycles. The van der Waals surface area contributed by atoms with Gasteiger partial charge in [-0.1, -0.05) is 6.08 Å². The van der Waals surface area contributed by atoms with E-state index in [0.717, 1.165) is 30.6 Å². The second kappa shape index (κ2) is 4.13. The summed E-state index contributed by atoms with van der Waals surface area (Å²) < 4.78 is 5.30. The van der Waals surface area contributed by atoms with Gasteiger partial charge in [-0.15, -0.1) is 0 Å². The molecule has 0 spiro atoms. The van der Waals surface area contributed by atoms with E-state index in [1.807, 2.05) is 12.2 Å². The summed E-state index contributed by atoms with van der Waals surface area (Å²) in [5.74, 6) is 0.948. The lowest BCUT2D eigenvalue weighted by Gasteiger charge is -2.35. The van der Waals surface area contributed by atoms with Gasteiger partial charge in [-0.3, -0.25) is 9.59 Å².